The first-order valence-corrected chi connectivity index (χ1v) is 5.22. The van der Waals surface area contributed by atoms with Gasteiger partial charge in [0.1, 0.15) is 5.76 Å². The second-order valence-electron chi connectivity index (χ2n) is 3.62. The van der Waals surface area contributed by atoms with Gasteiger partial charge < -0.3 is 14.6 Å². The molecule has 0 saturated heterocycles. The van der Waals surface area contributed by atoms with Gasteiger partial charge in [-0.1, -0.05) is 18.2 Å². The monoisotopic (exact) mass is 218 g/mol. The molecule has 0 amide bonds. The minimum atomic E-state index is 0.0639. The maximum atomic E-state index is 9.66. The highest BCUT2D eigenvalue weighted by Crippen LogP contribution is 2.32. The van der Waals surface area contributed by atoms with Gasteiger partial charge in [-0.2, -0.15) is 0 Å². The summed E-state index contributed by atoms with van der Waals surface area (Å²) in [5, 5.41) is 19.6. The average Bonchev–Trinajstić information content (AvgIpc) is 2.61. The Labute approximate surface area is 93.6 Å². The molecule has 1 aromatic carbocycles. The zero-order valence-electron chi connectivity index (χ0n) is 8.94. The van der Waals surface area contributed by atoms with Crippen molar-refractivity contribution in [2.75, 3.05) is 6.61 Å². The van der Waals surface area contributed by atoms with E-state index in [0.29, 0.717) is 18.4 Å². The van der Waals surface area contributed by atoms with Crippen LogP contribution in [0, 0.1) is 0 Å². The molecule has 2 N–H and O–H groups in total. The molecule has 1 heterocycles. The quantitative estimate of drug-likeness (QED) is 0.775. The first-order valence-electron chi connectivity index (χ1n) is 5.22. The van der Waals surface area contributed by atoms with Gasteiger partial charge in [0.25, 0.3) is 0 Å². The maximum Gasteiger partial charge on any atom is 0.176 e. The number of furan rings is 1. The number of phenols is 1. The Bertz CT molecular complexity index is 511. The van der Waals surface area contributed by atoms with E-state index in [4.69, 9.17) is 9.52 Å². The number of hydrogen-bond acceptors (Lipinski definition) is 3. The molecule has 0 bridgehead atoms. The Kier molecular flexibility index (Phi) is 2.97. The predicted octanol–water partition coefficient (Wildman–Crippen LogP) is 2.40. The van der Waals surface area contributed by atoms with Crippen LogP contribution >= 0.6 is 0 Å². The number of fused-ring (bicyclic) bond motifs is 1. The van der Waals surface area contributed by atoms with Crippen molar-refractivity contribution in [2.24, 2.45) is 0 Å². The maximum absolute atomic E-state index is 9.66. The largest absolute Gasteiger partial charge is 0.504 e. The number of hydrogen-bond donors (Lipinski definition) is 2. The number of aliphatic hydroxyl groups excluding tert-OH is 1. The molecule has 0 aliphatic heterocycles. The number of allylic oxidation sites excluding steroid dienone is 1. The van der Waals surface area contributed by atoms with E-state index in [0.717, 1.165) is 16.7 Å². The highest BCUT2D eigenvalue weighted by Gasteiger charge is 2.14. The van der Waals surface area contributed by atoms with Gasteiger partial charge in [-0.3, -0.25) is 0 Å². The summed E-state index contributed by atoms with van der Waals surface area (Å²) in [4.78, 5) is 0. The number of aliphatic hydroxyl groups is 1. The third-order valence-electron chi connectivity index (χ3n) is 2.57. The fraction of sp³-hybridized carbons (Fsp3) is 0.231. The molecule has 0 aliphatic rings. The van der Waals surface area contributed by atoms with Crippen LogP contribution in [0.2, 0.25) is 0 Å². The van der Waals surface area contributed by atoms with E-state index in [2.05, 4.69) is 6.58 Å². The van der Waals surface area contributed by atoms with Crippen molar-refractivity contribution in [2.45, 2.75) is 12.8 Å². The molecule has 1 aromatic heterocycles. The van der Waals surface area contributed by atoms with Crippen LogP contribution in [-0.2, 0) is 12.8 Å². The van der Waals surface area contributed by atoms with Crippen LogP contribution in [0.4, 0.5) is 0 Å². The molecule has 0 radical (unpaired) electrons. The van der Waals surface area contributed by atoms with Crippen molar-refractivity contribution >= 4 is 11.0 Å². The number of rotatable bonds is 4. The summed E-state index contributed by atoms with van der Waals surface area (Å²) in [7, 11) is 0. The molecule has 0 saturated carbocycles. The third kappa shape index (κ3) is 1.70. The van der Waals surface area contributed by atoms with Crippen molar-refractivity contribution in [1.29, 1.82) is 0 Å². The van der Waals surface area contributed by atoms with E-state index in [9.17, 15) is 5.11 Å². The molecular formula is C13H14O3. The highest BCUT2D eigenvalue weighted by atomic mass is 16.4. The van der Waals surface area contributed by atoms with Crippen molar-refractivity contribution in [3.63, 3.8) is 0 Å². The molecule has 84 valence electrons. The van der Waals surface area contributed by atoms with E-state index in [1.165, 1.54) is 0 Å². The summed E-state index contributed by atoms with van der Waals surface area (Å²) in [5.74, 6) is 0.896. The van der Waals surface area contributed by atoms with Crippen LogP contribution in [0.3, 0.4) is 0 Å². The van der Waals surface area contributed by atoms with Crippen molar-refractivity contribution in [3.05, 3.63) is 42.2 Å². The van der Waals surface area contributed by atoms with Gasteiger partial charge >= 0.3 is 0 Å². The first kappa shape index (κ1) is 10.8. The van der Waals surface area contributed by atoms with E-state index in [-0.39, 0.29) is 12.4 Å². The molecule has 16 heavy (non-hydrogen) atoms. The summed E-state index contributed by atoms with van der Waals surface area (Å²) < 4.78 is 5.59. The zero-order valence-corrected chi connectivity index (χ0v) is 8.94. The topological polar surface area (TPSA) is 53.6 Å². The van der Waals surface area contributed by atoms with Crippen LogP contribution in [0.5, 0.6) is 5.75 Å². The summed E-state index contributed by atoms with van der Waals surface area (Å²) in [5.41, 5.74) is 1.44. The van der Waals surface area contributed by atoms with Crippen molar-refractivity contribution in [1.82, 2.24) is 0 Å². The molecule has 0 spiro atoms. The summed E-state index contributed by atoms with van der Waals surface area (Å²) in [6, 6.07) is 5.24. The van der Waals surface area contributed by atoms with Gasteiger partial charge in [0.2, 0.25) is 0 Å². The number of para-hydroxylation sites is 1. The fourth-order valence-electron chi connectivity index (χ4n) is 1.89. The van der Waals surface area contributed by atoms with Crippen LogP contribution in [0.25, 0.3) is 11.0 Å². The summed E-state index contributed by atoms with van der Waals surface area (Å²) in [6.07, 6.45) is 2.87. The van der Waals surface area contributed by atoms with Crippen LogP contribution < -0.4 is 0 Å². The van der Waals surface area contributed by atoms with Gasteiger partial charge in [-0.15, -0.1) is 6.58 Å². The molecule has 2 aromatic rings. The van der Waals surface area contributed by atoms with Crippen LogP contribution in [-0.4, -0.2) is 16.8 Å². The molecule has 3 heteroatoms. The molecule has 0 aliphatic carbocycles. The minimum Gasteiger partial charge on any atom is -0.504 e. The molecular weight excluding hydrogens is 204 g/mol. The standard InChI is InChI=1S/C13H14O3/c1-2-4-12-9(7-8-14)10-5-3-6-11(15)13(10)16-12/h2-3,5-6,14-15H,1,4,7-8H2. The Morgan fingerprint density at radius 1 is 1.38 bits per heavy atom. The van der Waals surface area contributed by atoms with Gasteiger partial charge in [0.15, 0.2) is 11.3 Å². The third-order valence-corrected chi connectivity index (χ3v) is 2.57. The Morgan fingerprint density at radius 3 is 2.88 bits per heavy atom. The number of phenolic OH excluding ortho intramolecular Hbond substituents is 1. The Balaban J connectivity index is 2.65. The minimum absolute atomic E-state index is 0.0639. The molecule has 0 unspecified atom stereocenters. The van der Waals surface area contributed by atoms with Gasteiger partial charge in [0.05, 0.1) is 0 Å². The van der Waals surface area contributed by atoms with Gasteiger partial charge in [-0.05, 0) is 12.5 Å². The fourth-order valence-corrected chi connectivity index (χ4v) is 1.89. The molecule has 2 rings (SSSR count). The second kappa shape index (κ2) is 4.41. The lowest BCUT2D eigenvalue weighted by Gasteiger charge is -1.97. The smallest absolute Gasteiger partial charge is 0.176 e. The first-order chi connectivity index (χ1) is 7.77. The SMILES string of the molecule is C=CCc1oc2c(O)cccc2c1CCO. The molecule has 3 nitrogen and oxygen atoms in total. The lowest BCUT2D eigenvalue weighted by atomic mass is 10.1. The van der Waals surface area contributed by atoms with Crippen LogP contribution in [0.1, 0.15) is 11.3 Å². The number of benzene rings is 1. The lowest BCUT2D eigenvalue weighted by molar-refractivity contribution is 0.299. The van der Waals surface area contributed by atoms with E-state index in [1.807, 2.05) is 6.07 Å². The summed E-state index contributed by atoms with van der Waals surface area (Å²) in [6.45, 7) is 3.73. The Morgan fingerprint density at radius 2 is 2.19 bits per heavy atom. The normalized spacial score (nSPS) is 10.8. The van der Waals surface area contributed by atoms with Crippen LogP contribution in [0.15, 0.2) is 35.3 Å². The summed E-state index contributed by atoms with van der Waals surface area (Å²) >= 11 is 0. The van der Waals surface area contributed by atoms with Crippen molar-refractivity contribution in [3.8, 4) is 5.75 Å². The van der Waals surface area contributed by atoms with Gasteiger partial charge in [0, 0.05) is 24.0 Å². The predicted molar refractivity (Wildman–Crippen MR) is 62.6 cm³/mol. The number of aromatic hydroxyl groups is 1. The van der Waals surface area contributed by atoms with Gasteiger partial charge in [-0.25, -0.2) is 0 Å². The Hall–Kier alpha value is -1.74. The second-order valence-corrected chi connectivity index (χ2v) is 3.62. The van der Waals surface area contributed by atoms with E-state index >= 15 is 0 Å². The molecule has 0 fully saturated rings. The highest BCUT2D eigenvalue weighted by molar-refractivity contribution is 5.87. The zero-order chi connectivity index (χ0) is 11.5. The molecule has 0 atom stereocenters. The van der Waals surface area contributed by atoms with E-state index in [1.54, 1.807) is 18.2 Å². The lowest BCUT2D eigenvalue weighted by Crippen LogP contribution is -1.93. The van der Waals surface area contributed by atoms with E-state index < -0.39 is 0 Å². The average molecular weight is 218 g/mol. The van der Waals surface area contributed by atoms with Crippen molar-refractivity contribution < 1.29 is 14.6 Å².